The molecule has 1 aromatic carbocycles. The van der Waals surface area contributed by atoms with Crippen molar-refractivity contribution in [1.82, 2.24) is 4.98 Å². The molecule has 24 heavy (non-hydrogen) atoms. The maximum Gasteiger partial charge on any atom is 0.142 e. The van der Waals surface area contributed by atoms with Crippen LogP contribution in [0.25, 0.3) is 22.6 Å². The van der Waals surface area contributed by atoms with E-state index >= 15 is 0 Å². The molecule has 4 rings (SSSR count). The van der Waals surface area contributed by atoms with Gasteiger partial charge in [0.15, 0.2) is 0 Å². The summed E-state index contributed by atoms with van der Waals surface area (Å²) < 4.78 is 10.9. The Labute approximate surface area is 139 Å². The molecular weight excluding hydrogens is 302 g/mol. The molecule has 2 aromatic heterocycles. The van der Waals surface area contributed by atoms with Crippen molar-refractivity contribution >= 4 is 5.82 Å². The fraction of sp³-hybridized carbons (Fsp3) is 0.158. The Kier molecular flexibility index (Phi) is 3.24. The number of rotatable bonds is 2. The van der Waals surface area contributed by atoms with Gasteiger partial charge in [-0.2, -0.15) is 5.26 Å². The van der Waals surface area contributed by atoms with Gasteiger partial charge in [-0.1, -0.05) is 0 Å². The molecular formula is C19H15N3O2. The highest BCUT2D eigenvalue weighted by molar-refractivity contribution is 5.84. The third-order valence-corrected chi connectivity index (χ3v) is 4.42. The minimum Gasteiger partial charge on any atom is -0.497 e. The third-order valence-electron chi connectivity index (χ3n) is 4.42. The molecule has 0 fully saturated rings. The molecule has 1 aliphatic rings. The standard InChI is InChI=1S/C19H15N3O2/c1-23-12-5-7-13-11(9-12)4-6-14-17(16-3-2-8-24-16)15(10-20)19(21)22-18(13)14/h2-3,5,7-9H,4,6H2,1H3,(H2,21,22). The predicted molar refractivity (Wildman–Crippen MR) is 90.5 cm³/mol. The number of benzene rings is 1. The van der Waals surface area contributed by atoms with E-state index in [9.17, 15) is 5.26 Å². The van der Waals surface area contributed by atoms with Crippen molar-refractivity contribution in [2.75, 3.05) is 12.8 Å². The van der Waals surface area contributed by atoms with Gasteiger partial charge in [0.25, 0.3) is 0 Å². The molecule has 0 radical (unpaired) electrons. The number of nitrogen functional groups attached to an aromatic ring is 1. The Balaban J connectivity index is 2.02. The summed E-state index contributed by atoms with van der Waals surface area (Å²) in [7, 11) is 1.66. The van der Waals surface area contributed by atoms with Gasteiger partial charge in [-0.15, -0.1) is 0 Å². The average Bonchev–Trinajstić information content (AvgIpc) is 3.14. The van der Waals surface area contributed by atoms with Crippen LogP contribution in [0.3, 0.4) is 0 Å². The largest absolute Gasteiger partial charge is 0.497 e. The Morgan fingerprint density at radius 2 is 2.17 bits per heavy atom. The number of anilines is 1. The van der Waals surface area contributed by atoms with Crippen molar-refractivity contribution in [2.45, 2.75) is 12.8 Å². The van der Waals surface area contributed by atoms with Crippen LogP contribution >= 0.6 is 0 Å². The van der Waals surface area contributed by atoms with E-state index in [-0.39, 0.29) is 5.82 Å². The first kappa shape index (κ1) is 14.3. The summed E-state index contributed by atoms with van der Waals surface area (Å²) in [5.74, 6) is 1.70. The molecule has 0 spiro atoms. The smallest absolute Gasteiger partial charge is 0.142 e. The lowest BCUT2D eigenvalue weighted by Gasteiger charge is -2.23. The molecule has 0 saturated heterocycles. The summed E-state index contributed by atoms with van der Waals surface area (Å²) in [4.78, 5) is 4.52. The van der Waals surface area contributed by atoms with E-state index in [0.717, 1.165) is 41.0 Å². The number of furan rings is 1. The molecule has 0 amide bonds. The molecule has 0 saturated carbocycles. The molecule has 0 bridgehead atoms. The Morgan fingerprint density at radius 3 is 2.88 bits per heavy atom. The second-order valence-corrected chi connectivity index (χ2v) is 5.69. The van der Waals surface area contributed by atoms with Crippen molar-refractivity contribution in [3.8, 4) is 34.4 Å². The molecule has 0 atom stereocenters. The van der Waals surface area contributed by atoms with E-state index in [2.05, 4.69) is 11.1 Å². The predicted octanol–water partition coefficient (Wildman–Crippen LogP) is 3.57. The van der Waals surface area contributed by atoms with E-state index in [4.69, 9.17) is 14.9 Å². The maximum absolute atomic E-state index is 9.54. The second-order valence-electron chi connectivity index (χ2n) is 5.69. The monoisotopic (exact) mass is 317 g/mol. The number of nitrogens with zero attached hydrogens (tertiary/aromatic N) is 2. The molecule has 3 aromatic rings. The van der Waals surface area contributed by atoms with Gasteiger partial charge >= 0.3 is 0 Å². The molecule has 5 heteroatoms. The molecule has 2 heterocycles. The number of aryl methyl sites for hydroxylation is 1. The molecule has 118 valence electrons. The van der Waals surface area contributed by atoms with Crippen LogP contribution in [-0.2, 0) is 12.8 Å². The number of aromatic nitrogens is 1. The molecule has 1 aliphatic carbocycles. The first-order valence-electron chi connectivity index (χ1n) is 7.66. The summed E-state index contributed by atoms with van der Waals surface area (Å²) >= 11 is 0. The van der Waals surface area contributed by atoms with E-state index in [0.29, 0.717) is 11.3 Å². The van der Waals surface area contributed by atoms with Gasteiger partial charge in [-0.3, -0.25) is 0 Å². The highest BCUT2D eigenvalue weighted by atomic mass is 16.5. The van der Waals surface area contributed by atoms with E-state index in [1.165, 1.54) is 5.56 Å². The summed E-state index contributed by atoms with van der Waals surface area (Å²) in [6.45, 7) is 0. The number of fused-ring (bicyclic) bond motifs is 3. The molecule has 0 unspecified atom stereocenters. The summed E-state index contributed by atoms with van der Waals surface area (Å²) in [5.41, 5.74) is 11.2. The van der Waals surface area contributed by atoms with Gasteiger partial charge in [0, 0.05) is 11.1 Å². The zero-order chi connectivity index (χ0) is 16.7. The minimum absolute atomic E-state index is 0.228. The van der Waals surface area contributed by atoms with Crippen LogP contribution in [0, 0.1) is 11.3 Å². The van der Waals surface area contributed by atoms with Gasteiger partial charge in [-0.25, -0.2) is 4.98 Å². The van der Waals surface area contributed by atoms with Gasteiger partial charge in [0.05, 0.1) is 19.1 Å². The lowest BCUT2D eigenvalue weighted by molar-refractivity contribution is 0.414. The van der Waals surface area contributed by atoms with Crippen molar-refractivity contribution < 1.29 is 9.15 Å². The first-order chi connectivity index (χ1) is 11.7. The Hall–Kier alpha value is -3.26. The van der Waals surface area contributed by atoms with E-state index in [1.807, 2.05) is 24.3 Å². The van der Waals surface area contributed by atoms with Crippen molar-refractivity contribution in [3.63, 3.8) is 0 Å². The number of methoxy groups -OCH3 is 1. The van der Waals surface area contributed by atoms with E-state index in [1.54, 1.807) is 19.4 Å². The second kappa shape index (κ2) is 5.43. The van der Waals surface area contributed by atoms with Crippen LogP contribution in [0.5, 0.6) is 5.75 Å². The number of nitriles is 1. The van der Waals surface area contributed by atoms with Gasteiger partial charge in [0.1, 0.15) is 29.0 Å². The lowest BCUT2D eigenvalue weighted by Crippen LogP contribution is -2.11. The van der Waals surface area contributed by atoms with Crippen LogP contribution in [0.4, 0.5) is 5.82 Å². The summed E-state index contributed by atoms with van der Waals surface area (Å²) in [5, 5.41) is 9.54. The van der Waals surface area contributed by atoms with Gasteiger partial charge in [-0.05, 0) is 54.3 Å². The van der Waals surface area contributed by atoms with Gasteiger partial charge < -0.3 is 14.9 Å². The minimum atomic E-state index is 0.228. The van der Waals surface area contributed by atoms with Crippen LogP contribution in [0.15, 0.2) is 41.0 Å². The molecule has 0 aliphatic heterocycles. The maximum atomic E-state index is 9.54. The average molecular weight is 317 g/mol. The summed E-state index contributed by atoms with van der Waals surface area (Å²) in [6, 6.07) is 11.8. The molecule has 2 N–H and O–H groups in total. The Bertz CT molecular complexity index is 969. The highest BCUT2D eigenvalue weighted by Gasteiger charge is 2.26. The zero-order valence-electron chi connectivity index (χ0n) is 13.2. The fourth-order valence-corrected chi connectivity index (χ4v) is 3.31. The van der Waals surface area contributed by atoms with Crippen LogP contribution in [0.2, 0.25) is 0 Å². The normalized spacial score (nSPS) is 12.2. The lowest BCUT2D eigenvalue weighted by atomic mass is 9.84. The Morgan fingerprint density at radius 1 is 1.29 bits per heavy atom. The number of hydrogen-bond donors (Lipinski definition) is 1. The number of nitrogens with two attached hydrogens (primary N) is 1. The van der Waals surface area contributed by atoms with E-state index < -0.39 is 0 Å². The summed E-state index contributed by atoms with van der Waals surface area (Å²) in [6.07, 6.45) is 3.22. The van der Waals surface area contributed by atoms with Crippen LogP contribution in [-0.4, -0.2) is 12.1 Å². The van der Waals surface area contributed by atoms with Crippen molar-refractivity contribution in [1.29, 1.82) is 5.26 Å². The van der Waals surface area contributed by atoms with Gasteiger partial charge in [0.2, 0.25) is 0 Å². The third kappa shape index (κ3) is 2.04. The number of pyridine rings is 1. The quantitative estimate of drug-likeness (QED) is 0.781. The SMILES string of the molecule is COc1ccc2c(c1)CCc1c-2nc(N)c(C#N)c1-c1ccco1. The zero-order valence-corrected chi connectivity index (χ0v) is 13.2. The van der Waals surface area contributed by atoms with Crippen molar-refractivity contribution in [2.24, 2.45) is 0 Å². The first-order valence-corrected chi connectivity index (χ1v) is 7.66. The van der Waals surface area contributed by atoms with Crippen molar-refractivity contribution in [3.05, 3.63) is 53.3 Å². The number of hydrogen-bond acceptors (Lipinski definition) is 5. The van der Waals surface area contributed by atoms with Crippen LogP contribution in [0.1, 0.15) is 16.7 Å². The highest BCUT2D eigenvalue weighted by Crippen LogP contribution is 2.41. The fourth-order valence-electron chi connectivity index (χ4n) is 3.31. The number of ether oxygens (including phenoxy) is 1. The molecule has 5 nitrogen and oxygen atoms in total. The van der Waals surface area contributed by atoms with Crippen LogP contribution < -0.4 is 10.5 Å². The topological polar surface area (TPSA) is 85.1 Å².